The van der Waals surface area contributed by atoms with Gasteiger partial charge >= 0.3 is 6.03 Å². The fraction of sp³-hybridized carbons (Fsp3) is 0.550. The molecule has 2 amide bonds. The molecule has 0 aliphatic carbocycles. The predicted molar refractivity (Wildman–Crippen MR) is 105 cm³/mol. The van der Waals surface area contributed by atoms with Crippen molar-refractivity contribution < 1.29 is 4.79 Å². The minimum Gasteiger partial charge on any atom is -0.371 e. The Balaban J connectivity index is 1.17. The summed E-state index contributed by atoms with van der Waals surface area (Å²) in [4.78, 5) is 14.5. The van der Waals surface area contributed by atoms with Gasteiger partial charge in [-0.3, -0.25) is 0 Å². The number of hydrogen-bond donors (Lipinski definition) is 2. The largest absolute Gasteiger partial charge is 0.371 e. The van der Waals surface area contributed by atoms with E-state index < -0.39 is 0 Å². The van der Waals surface area contributed by atoms with E-state index in [1.807, 2.05) is 0 Å². The van der Waals surface area contributed by atoms with Crippen LogP contribution in [0.2, 0.25) is 0 Å². The summed E-state index contributed by atoms with van der Waals surface area (Å²) in [7, 11) is 0. The van der Waals surface area contributed by atoms with E-state index in [9.17, 15) is 4.79 Å². The number of fused-ring (bicyclic) bond motifs is 2. The Morgan fingerprint density at radius 2 is 1.96 bits per heavy atom. The summed E-state index contributed by atoms with van der Waals surface area (Å²) in [6.07, 6.45) is 6.60. The monoisotopic (exact) mass is 368 g/mol. The number of amides is 2. The van der Waals surface area contributed by atoms with Crippen LogP contribution in [0.4, 0.5) is 10.5 Å². The number of aryl methyl sites for hydroxylation is 1. The zero-order valence-electron chi connectivity index (χ0n) is 15.8. The van der Waals surface area contributed by atoms with Crippen molar-refractivity contribution in [1.82, 2.24) is 25.4 Å². The maximum atomic E-state index is 12.1. The SMILES string of the molecule is O=C(NCCCN1CCc2ccccc21)NCc1nnc2n1CCCCC2. The van der Waals surface area contributed by atoms with E-state index in [0.29, 0.717) is 13.1 Å². The van der Waals surface area contributed by atoms with Crippen LogP contribution in [-0.4, -0.2) is 40.4 Å². The minimum absolute atomic E-state index is 0.136. The van der Waals surface area contributed by atoms with Gasteiger partial charge < -0.3 is 20.1 Å². The quantitative estimate of drug-likeness (QED) is 0.767. The van der Waals surface area contributed by atoms with E-state index in [-0.39, 0.29) is 6.03 Å². The molecule has 2 aromatic rings. The molecule has 2 N–H and O–H groups in total. The fourth-order valence-corrected chi connectivity index (χ4v) is 4.01. The molecule has 0 unspecified atom stereocenters. The van der Waals surface area contributed by atoms with Crippen LogP contribution < -0.4 is 15.5 Å². The number of rotatable bonds is 6. The highest BCUT2D eigenvalue weighted by atomic mass is 16.2. The maximum absolute atomic E-state index is 12.1. The van der Waals surface area contributed by atoms with E-state index in [4.69, 9.17) is 0 Å². The third-order valence-electron chi connectivity index (χ3n) is 5.47. The summed E-state index contributed by atoms with van der Waals surface area (Å²) in [6.45, 7) is 4.09. The number of para-hydroxylation sites is 1. The average Bonchev–Trinajstić information content (AvgIpc) is 3.20. The predicted octanol–water partition coefficient (Wildman–Crippen LogP) is 2.26. The van der Waals surface area contributed by atoms with Crippen molar-refractivity contribution in [3.63, 3.8) is 0 Å². The molecule has 0 fully saturated rings. The van der Waals surface area contributed by atoms with Gasteiger partial charge in [0.15, 0.2) is 5.82 Å². The summed E-state index contributed by atoms with van der Waals surface area (Å²) in [5.41, 5.74) is 2.77. The van der Waals surface area contributed by atoms with E-state index >= 15 is 0 Å². The van der Waals surface area contributed by atoms with Crippen LogP contribution in [0.1, 0.15) is 42.9 Å². The molecule has 144 valence electrons. The lowest BCUT2D eigenvalue weighted by Crippen LogP contribution is -2.37. The van der Waals surface area contributed by atoms with Crippen molar-refractivity contribution in [2.24, 2.45) is 0 Å². The van der Waals surface area contributed by atoms with Gasteiger partial charge in [0.1, 0.15) is 5.82 Å². The lowest BCUT2D eigenvalue weighted by molar-refractivity contribution is 0.240. The van der Waals surface area contributed by atoms with Gasteiger partial charge in [-0.1, -0.05) is 24.6 Å². The molecule has 0 spiro atoms. The first kappa shape index (κ1) is 17.8. The van der Waals surface area contributed by atoms with E-state index in [1.54, 1.807) is 0 Å². The van der Waals surface area contributed by atoms with Crippen LogP contribution in [0.15, 0.2) is 24.3 Å². The number of nitrogens with one attached hydrogen (secondary N) is 2. The summed E-state index contributed by atoms with van der Waals surface area (Å²) >= 11 is 0. The normalized spacial score (nSPS) is 15.8. The molecule has 0 atom stereocenters. The van der Waals surface area contributed by atoms with Gasteiger partial charge in [0.25, 0.3) is 0 Å². The first-order valence-corrected chi connectivity index (χ1v) is 10.1. The van der Waals surface area contributed by atoms with Crippen LogP contribution in [0.5, 0.6) is 0 Å². The van der Waals surface area contributed by atoms with Gasteiger partial charge in [-0.05, 0) is 37.3 Å². The number of benzene rings is 1. The third-order valence-corrected chi connectivity index (χ3v) is 5.47. The Hall–Kier alpha value is -2.57. The number of nitrogens with zero attached hydrogens (tertiary/aromatic N) is 4. The third kappa shape index (κ3) is 4.23. The summed E-state index contributed by atoms with van der Waals surface area (Å²) in [5.74, 6) is 1.91. The zero-order valence-corrected chi connectivity index (χ0v) is 15.8. The molecule has 2 aliphatic heterocycles. The van der Waals surface area contributed by atoms with Crippen LogP contribution in [0.3, 0.4) is 0 Å². The van der Waals surface area contributed by atoms with Crippen molar-refractivity contribution in [3.05, 3.63) is 41.5 Å². The van der Waals surface area contributed by atoms with Crippen molar-refractivity contribution >= 4 is 11.7 Å². The first-order valence-electron chi connectivity index (χ1n) is 10.1. The van der Waals surface area contributed by atoms with Crippen LogP contribution >= 0.6 is 0 Å². The van der Waals surface area contributed by atoms with Crippen molar-refractivity contribution in [2.45, 2.75) is 51.6 Å². The van der Waals surface area contributed by atoms with E-state index in [0.717, 1.165) is 57.0 Å². The molecule has 0 bridgehead atoms. The summed E-state index contributed by atoms with van der Waals surface area (Å²) in [5, 5.41) is 14.4. The molecule has 27 heavy (non-hydrogen) atoms. The molecular formula is C20H28N6O. The highest BCUT2D eigenvalue weighted by Crippen LogP contribution is 2.27. The number of anilines is 1. The number of hydrogen-bond acceptors (Lipinski definition) is 4. The lowest BCUT2D eigenvalue weighted by Gasteiger charge is -2.19. The number of urea groups is 1. The molecule has 7 heteroatoms. The van der Waals surface area contributed by atoms with E-state index in [1.165, 1.54) is 24.1 Å². The number of aromatic nitrogens is 3. The molecule has 2 aliphatic rings. The smallest absolute Gasteiger partial charge is 0.315 e. The van der Waals surface area contributed by atoms with Crippen molar-refractivity contribution in [1.29, 1.82) is 0 Å². The van der Waals surface area contributed by atoms with Crippen molar-refractivity contribution in [2.75, 3.05) is 24.5 Å². The fourth-order valence-electron chi connectivity index (χ4n) is 4.01. The maximum Gasteiger partial charge on any atom is 0.315 e. The van der Waals surface area contributed by atoms with Gasteiger partial charge in [0.05, 0.1) is 6.54 Å². The molecule has 0 saturated carbocycles. The lowest BCUT2D eigenvalue weighted by atomic mass is 10.2. The molecule has 1 aromatic carbocycles. The molecule has 0 radical (unpaired) electrons. The molecule has 7 nitrogen and oxygen atoms in total. The molecular weight excluding hydrogens is 340 g/mol. The van der Waals surface area contributed by atoms with Gasteiger partial charge in [0.2, 0.25) is 0 Å². The minimum atomic E-state index is -0.136. The Labute approximate surface area is 160 Å². The second kappa shape index (κ2) is 8.41. The number of carbonyl (C=O) groups is 1. The summed E-state index contributed by atoms with van der Waals surface area (Å²) < 4.78 is 2.16. The molecule has 3 heterocycles. The second-order valence-electron chi connectivity index (χ2n) is 7.32. The average molecular weight is 368 g/mol. The summed E-state index contributed by atoms with van der Waals surface area (Å²) in [6, 6.07) is 8.44. The molecule has 0 saturated heterocycles. The second-order valence-corrected chi connectivity index (χ2v) is 7.32. The Morgan fingerprint density at radius 1 is 1.04 bits per heavy atom. The van der Waals surface area contributed by atoms with Crippen LogP contribution in [0, 0.1) is 0 Å². The molecule has 4 rings (SSSR count). The number of carbonyl (C=O) groups excluding carboxylic acids is 1. The van der Waals surface area contributed by atoms with Gasteiger partial charge in [-0.2, -0.15) is 0 Å². The Kier molecular flexibility index (Phi) is 5.55. The zero-order chi connectivity index (χ0) is 18.5. The van der Waals surface area contributed by atoms with Gasteiger partial charge in [0, 0.05) is 38.3 Å². The highest BCUT2D eigenvalue weighted by Gasteiger charge is 2.18. The van der Waals surface area contributed by atoms with Gasteiger partial charge in [-0.25, -0.2) is 4.79 Å². The molecule has 1 aromatic heterocycles. The van der Waals surface area contributed by atoms with Crippen molar-refractivity contribution in [3.8, 4) is 0 Å². The van der Waals surface area contributed by atoms with Gasteiger partial charge in [-0.15, -0.1) is 10.2 Å². The van der Waals surface area contributed by atoms with Crippen LogP contribution in [0.25, 0.3) is 0 Å². The van der Waals surface area contributed by atoms with Crippen LogP contribution in [-0.2, 0) is 25.9 Å². The Morgan fingerprint density at radius 3 is 2.93 bits per heavy atom. The van der Waals surface area contributed by atoms with E-state index in [2.05, 4.69) is 54.6 Å². The highest BCUT2D eigenvalue weighted by molar-refractivity contribution is 5.73. The standard InChI is InChI=1S/C20H28N6O/c27-20(22-15-19-24-23-18-9-2-1-5-13-26(18)19)21-11-6-12-25-14-10-16-7-3-4-8-17(16)25/h3-4,7-8H,1-2,5-6,9-15H2,(H2,21,22,27). The Bertz CT molecular complexity index is 787. The first-order chi connectivity index (χ1) is 13.3. The topological polar surface area (TPSA) is 75.1 Å².